The maximum atomic E-state index is 10.2. The number of ether oxygens (including phenoxy) is 5. The molecule has 9 heteroatoms. The van der Waals surface area contributed by atoms with Crippen LogP contribution in [-0.2, 0) is 4.74 Å². The van der Waals surface area contributed by atoms with Crippen molar-refractivity contribution < 1.29 is 28.8 Å². The largest absolute Gasteiger partial charge is 0.504 e. The SMILES string of the molecule is COc1cc(-c2cc(-c3cc(OC)c(OC)c(OC)c3)nc(N3CCOCC3)c2C#N)ccc1O. The average molecular weight is 478 g/mol. The summed E-state index contributed by atoms with van der Waals surface area (Å²) in [7, 11) is 6.14. The van der Waals surface area contributed by atoms with Crippen molar-refractivity contribution in [2.75, 3.05) is 59.6 Å². The molecule has 1 saturated heterocycles. The maximum Gasteiger partial charge on any atom is 0.203 e. The summed E-state index contributed by atoms with van der Waals surface area (Å²) in [6.07, 6.45) is 0. The Morgan fingerprint density at radius 1 is 0.886 bits per heavy atom. The molecule has 35 heavy (non-hydrogen) atoms. The number of morpholine rings is 1. The summed E-state index contributed by atoms with van der Waals surface area (Å²) in [5, 5.41) is 20.3. The Hall–Kier alpha value is -4.16. The van der Waals surface area contributed by atoms with Gasteiger partial charge in [0.2, 0.25) is 5.75 Å². The molecule has 9 nitrogen and oxygen atoms in total. The first-order chi connectivity index (χ1) is 17.0. The lowest BCUT2D eigenvalue weighted by molar-refractivity contribution is 0.122. The Morgan fingerprint density at radius 2 is 1.51 bits per heavy atom. The van der Waals surface area contributed by atoms with Gasteiger partial charge in [0.25, 0.3) is 0 Å². The Morgan fingerprint density at radius 3 is 2.09 bits per heavy atom. The number of pyridine rings is 1. The van der Waals surface area contributed by atoms with Crippen molar-refractivity contribution in [2.24, 2.45) is 0 Å². The minimum atomic E-state index is 0.0158. The summed E-state index contributed by atoms with van der Waals surface area (Å²) >= 11 is 0. The van der Waals surface area contributed by atoms with Gasteiger partial charge >= 0.3 is 0 Å². The van der Waals surface area contributed by atoms with Crippen molar-refractivity contribution in [3.63, 3.8) is 0 Å². The molecule has 0 atom stereocenters. The second-order valence-electron chi connectivity index (χ2n) is 7.77. The number of hydrogen-bond donors (Lipinski definition) is 1. The van der Waals surface area contributed by atoms with Gasteiger partial charge in [-0.2, -0.15) is 5.26 Å². The Balaban J connectivity index is 1.99. The minimum absolute atomic E-state index is 0.0158. The zero-order valence-corrected chi connectivity index (χ0v) is 20.1. The highest BCUT2D eigenvalue weighted by atomic mass is 16.5. The maximum absolute atomic E-state index is 10.2. The number of aromatic nitrogens is 1. The van der Waals surface area contributed by atoms with Crippen LogP contribution < -0.4 is 23.8 Å². The highest BCUT2D eigenvalue weighted by molar-refractivity contribution is 5.83. The second kappa shape index (κ2) is 10.4. The molecule has 1 N–H and O–H groups in total. The molecule has 2 aromatic carbocycles. The first-order valence-electron chi connectivity index (χ1n) is 11.0. The number of anilines is 1. The number of phenols is 1. The lowest BCUT2D eigenvalue weighted by atomic mass is 9.97. The van der Waals surface area contributed by atoms with Crippen LogP contribution in [0.25, 0.3) is 22.4 Å². The van der Waals surface area contributed by atoms with Gasteiger partial charge in [0, 0.05) is 24.2 Å². The predicted molar refractivity (Wildman–Crippen MR) is 131 cm³/mol. The topological polar surface area (TPSA) is 106 Å². The van der Waals surface area contributed by atoms with Gasteiger partial charge < -0.3 is 33.7 Å². The Kier molecular flexibility index (Phi) is 7.13. The van der Waals surface area contributed by atoms with Gasteiger partial charge in [0.05, 0.1) is 47.3 Å². The fourth-order valence-corrected chi connectivity index (χ4v) is 4.10. The summed E-state index contributed by atoms with van der Waals surface area (Å²) in [6.45, 7) is 2.31. The molecule has 182 valence electrons. The smallest absolute Gasteiger partial charge is 0.203 e. The molecule has 0 spiro atoms. The van der Waals surface area contributed by atoms with Gasteiger partial charge in [-0.05, 0) is 35.9 Å². The number of aromatic hydroxyl groups is 1. The van der Waals surface area contributed by atoms with E-state index in [4.69, 9.17) is 28.7 Å². The van der Waals surface area contributed by atoms with Gasteiger partial charge in [-0.1, -0.05) is 6.07 Å². The van der Waals surface area contributed by atoms with Gasteiger partial charge in [0.1, 0.15) is 17.5 Å². The first-order valence-corrected chi connectivity index (χ1v) is 11.0. The molecule has 2 heterocycles. The van der Waals surface area contributed by atoms with Crippen LogP contribution >= 0.6 is 0 Å². The summed E-state index contributed by atoms with van der Waals surface area (Å²) in [5.41, 5.74) is 3.14. The quantitative estimate of drug-likeness (QED) is 0.543. The van der Waals surface area contributed by atoms with Crippen LogP contribution in [0.1, 0.15) is 5.56 Å². The van der Waals surface area contributed by atoms with Crippen LogP contribution in [0.3, 0.4) is 0 Å². The highest BCUT2D eigenvalue weighted by Crippen LogP contribution is 2.43. The molecule has 0 bridgehead atoms. The predicted octanol–water partition coefficient (Wildman–Crippen LogP) is 3.86. The molecule has 1 aromatic heterocycles. The standard InChI is InChI=1S/C26H27N3O6/c1-31-22-11-16(5-6-21(22)30)18-14-20(17-12-23(32-2)25(34-4)24(13-17)33-3)28-26(19(18)15-27)29-7-9-35-10-8-29/h5-6,11-14,30H,7-10H2,1-4H3. The van der Waals surface area contributed by atoms with Gasteiger partial charge in [-0.3, -0.25) is 0 Å². The van der Waals surface area contributed by atoms with Crippen LogP contribution in [0.5, 0.6) is 28.7 Å². The zero-order valence-electron chi connectivity index (χ0n) is 20.1. The van der Waals surface area contributed by atoms with E-state index < -0.39 is 0 Å². The third kappa shape index (κ3) is 4.61. The molecule has 0 saturated carbocycles. The van der Waals surface area contributed by atoms with Crippen LogP contribution in [0, 0.1) is 11.3 Å². The van der Waals surface area contributed by atoms with Crippen molar-refractivity contribution in [3.05, 3.63) is 42.0 Å². The molecular formula is C26H27N3O6. The van der Waals surface area contributed by atoms with Gasteiger partial charge in [-0.15, -0.1) is 0 Å². The molecule has 1 aliphatic rings. The Bertz CT molecular complexity index is 1240. The summed E-state index contributed by atoms with van der Waals surface area (Å²) in [4.78, 5) is 6.95. The van der Waals surface area contributed by atoms with Gasteiger partial charge in [0.15, 0.2) is 23.0 Å². The minimum Gasteiger partial charge on any atom is -0.504 e. The number of phenolic OH excluding ortho intramolecular Hbond substituents is 1. The van der Waals surface area contributed by atoms with Crippen molar-refractivity contribution in [2.45, 2.75) is 0 Å². The highest BCUT2D eigenvalue weighted by Gasteiger charge is 2.23. The van der Waals surface area contributed by atoms with Crippen LogP contribution in [-0.4, -0.2) is 64.8 Å². The molecule has 0 aliphatic carbocycles. The van der Waals surface area contributed by atoms with Crippen molar-refractivity contribution in [1.29, 1.82) is 5.26 Å². The number of nitrogens with zero attached hydrogens (tertiary/aromatic N) is 3. The molecule has 0 unspecified atom stereocenters. The van der Waals surface area contributed by atoms with Gasteiger partial charge in [-0.25, -0.2) is 4.98 Å². The number of methoxy groups -OCH3 is 4. The van der Waals surface area contributed by atoms with E-state index in [0.29, 0.717) is 77.5 Å². The van der Waals surface area contributed by atoms with Crippen molar-refractivity contribution >= 4 is 5.82 Å². The van der Waals surface area contributed by atoms with Crippen LogP contribution in [0.15, 0.2) is 36.4 Å². The molecule has 0 amide bonds. The number of rotatable bonds is 7. The number of nitriles is 1. The fraction of sp³-hybridized carbons (Fsp3) is 0.308. The Labute approximate surface area is 204 Å². The van der Waals surface area contributed by atoms with E-state index >= 15 is 0 Å². The van der Waals surface area contributed by atoms with Crippen LogP contribution in [0.2, 0.25) is 0 Å². The monoisotopic (exact) mass is 477 g/mol. The molecular weight excluding hydrogens is 450 g/mol. The van der Waals surface area contributed by atoms with E-state index in [1.807, 2.05) is 23.1 Å². The van der Waals surface area contributed by atoms with Crippen molar-refractivity contribution in [3.8, 4) is 57.2 Å². The zero-order chi connectivity index (χ0) is 24.9. The normalized spacial score (nSPS) is 13.2. The number of hydrogen-bond acceptors (Lipinski definition) is 9. The fourth-order valence-electron chi connectivity index (χ4n) is 4.10. The average Bonchev–Trinajstić information content (AvgIpc) is 2.92. The van der Waals surface area contributed by atoms with E-state index in [9.17, 15) is 10.4 Å². The van der Waals surface area contributed by atoms with E-state index in [2.05, 4.69) is 6.07 Å². The van der Waals surface area contributed by atoms with E-state index in [-0.39, 0.29) is 5.75 Å². The van der Waals surface area contributed by atoms with Crippen molar-refractivity contribution in [1.82, 2.24) is 4.98 Å². The third-order valence-electron chi connectivity index (χ3n) is 5.87. The van der Waals surface area contributed by atoms with E-state index in [1.165, 1.54) is 7.11 Å². The van der Waals surface area contributed by atoms with Crippen LogP contribution in [0.4, 0.5) is 5.82 Å². The summed E-state index contributed by atoms with van der Waals surface area (Å²) in [6, 6.07) is 12.8. The summed E-state index contributed by atoms with van der Waals surface area (Å²) in [5.74, 6) is 2.35. The van der Waals surface area contributed by atoms with E-state index in [1.54, 1.807) is 39.5 Å². The van der Waals surface area contributed by atoms with E-state index in [0.717, 1.165) is 5.56 Å². The molecule has 4 rings (SSSR count). The molecule has 3 aromatic rings. The second-order valence-corrected chi connectivity index (χ2v) is 7.77. The summed E-state index contributed by atoms with van der Waals surface area (Å²) < 4.78 is 27.3. The molecule has 0 radical (unpaired) electrons. The molecule has 1 fully saturated rings. The molecule has 1 aliphatic heterocycles. The lowest BCUT2D eigenvalue weighted by Gasteiger charge is -2.29. The lowest BCUT2D eigenvalue weighted by Crippen LogP contribution is -2.37. The first kappa shape index (κ1) is 24.0. The third-order valence-corrected chi connectivity index (χ3v) is 5.87. The number of benzene rings is 2.